The van der Waals surface area contributed by atoms with E-state index in [0.717, 1.165) is 24.2 Å². The van der Waals surface area contributed by atoms with E-state index in [1.165, 1.54) is 18.2 Å². The summed E-state index contributed by atoms with van der Waals surface area (Å²) in [5.74, 6) is -0.779. The third-order valence-corrected chi connectivity index (χ3v) is 4.90. The van der Waals surface area contributed by atoms with E-state index in [4.69, 9.17) is 4.74 Å². The van der Waals surface area contributed by atoms with Crippen LogP contribution < -0.4 is 15.4 Å². The molecule has 2 atom stereocenters. The number of hydrogen-bond donors (Lipinski definition) is 2. The first-order valence-electron chi connectivity index (χ1n) is 10.8. The van der Waals surface area contributed by atoms with Gasteiger partial charge in [0.2, 0.25) is 5.91 Å². The van der Waals surface area contributed by atoms with Gasteiger partial charge in [0, 0.05) is 6.04 Å². The molecule has 2 unspecified atom stereocenters. The van der Waals surface area contributed by atoms with E-state index in [1.54, 1.807) is 6.07 Å². The Balaban J connectivity index is 1.90. The van der Waals surface area contributed by atoms with Crippen molar-refractivity contribution >= 4 is 11.8 Å². The molecule has 0 aliphatic rings. The number of halogens is 1. The summed E-state index contributed by atoms with van der Waals surface area (Å²) in [6.45, 7) is 9.60. The highest BCUT2D eigenvalue weighted by Gasteiger charge is 2.26. The zero-order valence-electron chi connectivity index (χ0n) is 18.9. The lowest BCUT2D eigenvalue weighted by Crippen LogP contribution is -2.51. The maximum Gasteiger partial charge on any atom is 0.254 e. The van der Waals surface area contributed by atoms with E-state index in [0.29, 0.717) is 0 Å². The van der Waals surface area contributed by atoms with Crippen molar-refractivity contribution in [2.45, 2.75) is 65.6 Å². The predicted molar refractivity (Wildman–Crippen MR) is 121 cm³/mol. The highest BCUT2D eigenvalue weighted by molar-refractivity contribution is 5.97. The summed E-state index contributed by atoms with van der Waals surface area (Å²) in [4.78, 5) is 25.2. The van der Waals surface area contributed by atoms with Crippen LogP contribution in [0.4, 0.5) is 4.39 Å². The van der Waals surface area contributed by atoms with E-state index in [-0.39, 0.29) is 29.5 Å². The van der Waals surface area contributed by atoms with Gasteiger partial charge in [-0.25, -0.2) is 4.39 Å². The lowest BCUT2D eigenvalue weighted by Gasteiger charge is -2.24. The molecule has 0 aromatic heterocycles. The van der Waals surface area contributed by atoms with E-state index < -0.39 is 17.8 Å². The van der Waals surface area contributed by atoms with Crippen molar-refractivity contribution in [3.8, 4) is 5.75 Å². The molecule has 0 aliphatic heterocycles. The van der Waals surface area contributed by atoms with Gasteiger partial charge in [0.05, 0.1) is 11.7 Å². The first-order valence-corrected chi connectivity index (χ1v) is 10.8. The Morgan fingerprint density at radius 1 is 0.935 bits per heavy atom. The van der Waals surface area contributed by atoms with Crippen LogP contribution in [0.15, 0.2) is 48.5 Å². The zero-order chi connectivity index (χ0) is 23.0. The van der Waals surface area contributed by atoms with Gasteiger partial charge in [0.25, 0.3) is 5.91 Å². The molecule has 168 valence electrons. The quantitative estimate of drug-likeness (QED) is 0.585. The summed E-state index contributed by atoms with van der Waals surface area (Å²) in [6, 6.07) is 12.9. The Morgan fingerprint density at radius 3 is 2.16 bits per heavy atom. The minimum absolute atomic E-state index is 0.0705. The van der Waals surface area contributed by atoms with Crippen molar-refractivity contribution in [3.63, 3.8) is 0 Å². The number of aryl methyl sites for hydroxylation is 1. The molecule has 0 saturated carbocycles. The molecule has 0 spiro atoms. The number of nitrogens with one attached hydrogen (secondary N) is 2. The minimum atomic E-state index is -0.748. The maximum absolute atomic E-state index is 13.9. The fourth-order valence-corrected chi connectivity index (χ4v) is 3.19. The largest absolute Gasteiger partial charge is 0.491 e. The van der Waals surface area contributed by atoms with Crippen LogP contribution in [0.25, 0.3) is 0 Å². The second-order valence-electron chi connectivity index (χ2n) is 8.43. The van der Waals surface area contributed by atoms with Crippen molar-refractivity contribution < 1.29 is 18.7 Å². The first kappa shape index (κ1) is 24.4. The lowest BCUT2D eigenvalue weighted by molar-refractivity contribution is -0.124. The summed E-state index contributed by atoms with van der Waals surface area (Å²) in [6.07, 6.45) is 1.69. The first-order chi connectivity index (χ1) is 14.7. The number of carbonyl (C=O) groups excluding carboxylic acids is 2. The number of ether oxygens (including phenoxy) is 1. The second kappa shape index (κ2) is 11.5. The van der Waals surface area contributed by atoms with Gasteiger partial charge in [-0.1, -0.05) is 38.1 Å². The van der Waals surface area contributed by atoms with Crippen molar-refractivity contribution in [2.75, 3.05) is 0 Å². The minimum Gasteiger partial charge on any atom is -0.491 e. The van der Waals surface area contributed by atoms with Gasteiger partial charge in [-0.2, -0.15) is 0 Å². The number of benzene rings is 2. The Hall–Kier alpha value is -2.89. The van der Waals surface area contributed by atoms with Gasteiger partial charge < -0.3 is 15.4 Å². The van der Waals surface area contributed by atoms with Crippen LogP contribution >= 0.6 is 0 Å². The molecule has 2 aromatic rings. The summed E-state index contributed by atoms with van der Waals surface area (Å²) in [5, 5.41) is 5.64. The van der Waals surface area contributed by atoms with Gasteiger partial charge in [0.1, 0.15) is 17.6 Å². The van der Waals surface area contributed by atoms with E-state index in [2.05, 4.69) is 10.6 Å². The molecule has 5 nitrogen and oxygen atoms in total. The van der Waals surface area contributed by atoms with Crippen LogP contribution in [0, 0.1) is 11.7 Å². The SMILES string of the molecule is CC(CCc1ccc(OC(C)C)cc1)NC(=O)C(NC(=O)c1ccccc1F)C(C)C. The van der Waals surface area contributed by atoms with Crippen molar-refractivity contribution in [1.82, 2.24) is 10.6 Å². The molecule has 0 fully saturated rings. The standard InChI is InChI=1S/C25H33FN2O3/c1-16(2)23(28-24(29)21-8-6-7-9-22(21)26)25(30)27-18(5)10-11-19-12-14-20(15-13-19)31-17(3)4/h6-9,12-18,23H,10-11H2,1-5H3,(H,27,30)(H,28,29). The van der Waals surface area contributed by atoms with Crippen LogP contribution in [-0.2, 0) is 11.2 Å². The normalized spacial score (nSPS) is 13.0. The maximum atomic E-state index is 13.9. The highest BCUT2D eigenvalue weighted by Crippen LogP contribution is 2.15. The molecular weight excluding hydrogens is 395 g/mol. The molecule has 31 heavy (non-hydrogen) atoms. The number of amides is 2. The van der Waals surface area contributed by atoms with Crippen molar-refractivity contribution in [3.05, 3.63) is 65.5 Å². The summed E-state index contributed by atoms with van der Waals surface area (Å²) in [7, 11) is 0. The average Bonchev–Trinajstić information content (AvgIpc) is 2.71. The monoisotopic (exact) mass is 428 g/mol. The predicted octanol–water partition coefficient (Wildman–Crippen LogP) is 4.50. The smallest absolute Gasteiger partial charge is 0.254 e. The molecule has 2 N–H and O–H groups in total. The molecule has 2 aromatic carbocycles. The Labute approximate surface area is 184 Å². The molecule has 0 aliphatic carbocycles. The molecule has 2 rings (SSSR count). The van der Waals surface area contributed by atoms with Crippen LogP contribution in [0.3, 0.4) is 0 Å². The molecule has 2 amide bonds. The summed E-state index contributed by atoms with van der Waals surface area (Å²) >= 11 is 0. The molecule has 0 bridgehead atoms. The van der Waals surface area contributed by atoms with Gasteiger partial charge >= 0.3 is 0 Å². The van der Waals surface area contributed by atoms with Crippen LogP contribution in [-0.4, -0.2) is 30.0 Å². The van der Waals surface area contributed by atoms with Crippen LogP contribution in [0.2, 0.25) is 0 Å². The number of rotatable bonds is 10. The van der Waals surface area contributed by atoms with Crippen LogP contribution in [0.5, 0.6) is 5.75 Å². The number of carbonyl (C=O) groups is 2. The topological polar surface area (TPSA) is 67.4 Å². The third-order valence-electron chi connectivity index (χ3n) is 4.90. The molecule has 6 heteroatoms. The summed E-state index contributed by atoms with van der Waals surface area (Å²) in [5.41, 5.74) is 1.09. The van der Waals surface area contributed by atoms with E-state index >= 15 is 0 Å². The Bertz CT molecular complexity index is 865. The summed E-state index contributed by atoms with van der Waals surface area (Å²) < 4.78 is 19.5. The molecular formula is C25H33FN2O3. The fourth-order valence-electron chi connectivity index (χ4n) is 3.19. The van der Waals surface area contributed by atoms with Gasteiger partial charge in [-0.3, -0.25) is 9.59 Å². The average molecular weight is 429 g/mol. The molecule has 0 radical (unpaired) electrons. The molecule has 0 heterocycles. The third kappa shape index (κ3) is 7.70. The fraction of sp³-hybridized carbons (Fsp3) is 0.440. The van der Waals surface area contributed by atoms with Crippen molar-refractivity contribution in [2.24, 2.45) is 5.92 Å². The lowest BCUT2D eigenvalue weighted by atomic mass is 10.0. The van der Waals surface area contributed by atoms with Crippen molar-refractivity contribution in [1.29, 1.82) is 0 Å². The zero-order valence-corrected chi connectivity index (χ0v) is 18.9. The van der Waals surface area contributed by atoms with Gasteiger partial charge in [0.15, 0.2) is 0 Å². The van der Waals surface area contributed by atoms with Crippen LogP contribution in [0.1, 0.15) is 57.0 Å². The van der Waals surface area contributed by atoms with Gasteiger partial charge in [-0.05, 0) is 69.4 Å². The highest BCUT2D eigenvalue weighted by atomic mass is 19.1. The second-order valence-corrected chi connectivity index (χ2v) is 8.43. The molecule has 0 saturated heterocycles. The van der Waals surface area contributed by atoms with E-state index in [9.17, 15) is 14.0 Å². The Morgan fingerprint density at radius 2 is 1.58 bits per heavy atom. The van der Waals surface area contributed by atoms with Gasteiger partial charge in [-0.15, -0.1) is 0 Å². The Kier molecular flexibility index (Phi) is 9.03. The van der Waals surface area contributed by atoms with E-state index in [1.807, 2.05) is 58.9 Å². The number of hydrogen-bond acceptors (Lipinski definition) is 3.